The summed E-state index contributed by atoms with van der Waals surface area (Å²) in [5, 5.41) is 21.0. The number of benzene rings is 1. The summed E-state index contributed by atoms with van der Waals surface area (Å²) >= 11 is 1.57. The zero-order chi connectivity index (χ0) is 16.1. The molecule has 0 radical (unpaired) electrons. The number of nitrogens with one attached hydrogen (secondary N) is 1. The Morgan fingerprint density at radius 1 is 1.30 bits per heavy atom. The van der Waals surface area contributed by atoms with Crippen molar-refractivity contribution in [2.75, 3.05) is 6.54 Å². The smallest absolute Gasteiger partial charge is 0.224 e. The van der Waals surface area contributed by atoms with Gasteiger partial charge in [-0.2, -0.15) is 16.4 Å². The number of hydrogen-bond acceptors (Lipinski definition) is 4. The molecule has 0 aliphatic heterocycles. The van der Waals surface area contributed by atoms with Gasteiger partial charge in [0.1, 0.15) is 0 Å². The third kappa shape index (κ3) is 4.06. The number of aliphatic hydroxyl groups excluding tert-OH is 1. The van der Waals surface area contributed by atoms with E-state index in [0.717, 1.165) is 16.8 Å². The average molecular weight is 327 g/mol. The van der Waals surface area contributed by atoms with E-state index < -0.39 is 6.10 Å². The summed E-state index contributed by atoms with van der Waals surface area (Å²) in [5.41, 5.74) is 2.68. The highest BCUT2D eigenvalue weighted by Gasteiger charge is 2.10. The van der Waals surface area contributed by atoms with Gasteiger partial charge in [-0.1, -0.05) is 12.1 Å². The summed E-state index contributed by atoms with van der Waals surface area (Å²) in [5.74, 6) is -0.0874. The van der Waals surface area contributed by atoms with Gasteiger partial charge in [-0.25, -0.2) is 4.68 Å². The van der Waals surface area contributed by atoms with Crippen molar-refractivity contribution in [1.82, 2.24) is 15.1 Å². The fraction of sp³-hybridized carbons (Fsp3) is 0.176. The Morgan fingerprint density at radius 2 is 2.13 bits per heavy atom. The maximum absolute atomic E-state index is 11.8. The molecule has 118 valence electrons. The van der Waals surface area contributed by atoms with Gasteiger partial charge in [0, 0.05) is 18.9 Å². The Bertz CT molecular complexity index is 737. The molecule has 0 fully saturated rings. The minimum Gasteiger partial charge on any atom is -0.387 e. The maximum atomic E-state index is 11.8. The summed E-state index contributed by atoms with van der Waals surface area (Å²) in [6, 6.07) is 11.2. The molecule has 1 aromatic carbocycles. The summed E-state index contributed by atoms with van der Waals surface area (Å²) in [6.07, 6.45) is 3.18. The summed E-state index contributed by atoms with van der Waals surface area (Å²) in [7, 11) is 0. The van der Waals surface area contributed by atoms with Gasteiger partial charge < -0.3 is 10.4 Å². The molecule has 0 bridgehead atoms. The number of amides is 1. The summed E-state index contributed by atoms with van der Waals surface area (Å²) in [6.45, 7) is 0.198. The molecule has 0 aliphatic carbocycles. The maximum Gasteiger partial charge on any atom is 0.224 e. The highest BCUT2D eigenvalue weighted by atomic mass is 32.1. The van der Waals surface area contributed by atoms with E-state index in [9.17, 15) is 9.90 Å². The quantitative estimate of drug-likeness (QED) is 0.730. The second-order valence-corrected chi connectivity index (χ2v) is 5.95. The van der Waals surface area contributed by atoms with Gasteiger partial charge in [0.05, 0.1) is 18.2 Å². The molecule has 0 saturated carbocycles. The number of rotatable bonds is 6. The van der Waals surface area contributed by atoms with Crippen LogP contribution in [0.2, 0.25) is 0 Å². The summed E-state index contributed by atoms with van der Waals surface area (Å²) < 4.78 is 1.75. The Hall–Kier alpha value is -2.44. The second kappa shape index (κ2) is 7.21. The highest BCUT2D eigenvalue weighted by molar-refractivity contribution is 7.07. The van der Waals surface area contributed by atoms with Gasteiger partial charge in [-0.3, -0.25) is 4.79 Å². The number of carbonyl (C=O) groups is 1. The predicted octanol–water partition coefficient (Wildman–Crippen LogP) is 2.33. The first-order chi connectivity index (χ1) is 11.2. The van der Waals surface area contributed by atoms with Crippen molar-refractivity contribution in [3.63, 3.8) is 0 Å². The van der Waals surface area contributed by atoms with E-state index in [1.165, 1.54) is 0 Å². The predicted molar refractivity (Wildman–Crippen MR) is 89.6 cm³/mol. The number of aromatic nitrogens is 2. The minimum absolute atomic E-state index is 0.0874. The molecule has 2 aromatic heterocycles. The van der Waals surface area contributed by atoms with Crippen LogP contribution in [0.5, 0.6) is 0 Å². The molecule has 0 aliphatic rings. The van der Waals surface area contributed by atoms with Crippen LogP contribution in [0.15, 0.2) is 59.6 Å². The van der Waals surface area contributed by atoms with Gasteiger partial charge in [0.15, 0.2) is 0 Å². The fourth-order valence-corrected chi connectivity index (χ4v) is 2.91. The minimum atomic E-state index is -0.729. The number of carbonyl (C=O) groups excluding carboxylic acids is 1. The number of hydrogen-bond donors (Lipinski definition) is 2. The van der Waals surface area contributed by atoms with Crippen molar-refractivity contribution in [3.05, 3.63) is 70.7 Å². The number of nitrogens with zero attached hydrogens (tertiary/aromatic N) is 2. The highest BCUT2D eigenvalue weighted by Crippen LogP contribution is 2.15. The lowest BCUT2D eigenvalue weighted by Crippen LogP contribution is -2.29. The van der Waals surface area contributed by atoms with Crippen molar-refractivity contribution in [2.24, 2.45) is 0 Å². The van der Waals surface area contributed by atoms with E-state index in [-0.39, 0.29) is 12.5 Å². The molecule has 0 saturated heterocycles. The normalized spacial score (nSPS) is 12.0. The molecule has 3 aromatic rings. The lowest BCUT2D eigenvalue weighted by molar-refractivity contribution is -0.120. The van der Waals surface area contributed by atoms with Gasteiger partial charge in [0.25, 0.3) is 0 Å². The third-order valence-corrected chi connectivity index (χ3v) is 4.22. The van der Waals surface area contributed by atoms with Crippen molar-refractivity contribution in [2.45, 2.75) is 12.5 Å². The number of thiophene rings is 1. The fourth-order valence-electron chi connectivity index (χ4n) is 2.24. The topological polar surface area (TPSA) is 67.2 Å². The monoisotopic (exact) mass is 327 g/mol. The first kappa shape index (κ1) is 15.5. The first-order valence-electron chi connectivity index (χ1n) is 7.28. The zero-order valence-electron chi connectivity index (χ0n) is 12.4. The standard InChI is InChI=1S/C17H17N3O2S/c21-16(11-18-17(22)10-13-6-9-23-12-13)14-2-4-15(5-3-14)20-8-1-7-19-20/h1-9,12,16,21H,10-11H2,(H,18,22). The molecule has 0 spiro atoms. The van der Waals surface area contributed by atoms with Crippen LogP contribution < -0.4 is 5.32 Å². The van der Waals surface area contributed by atoms with E-state index >= 15 is 0 Å². The molecule has 1 unspecified atom stereocenters. The Kier molecular flexibility index (Phi) is 4.85. The van der Waals surface area contributed by atoms with E-state index in [1.54, 1.807) is 22.2 Å². The molecule has 1 atom stereocenters. The van der Waals surface area contributed by atoms with Gasteiger partial charge in [-0.15, -0.1) is 0 Å². The molecular weight excluding hydrogens is 310 g/mol. The Labute approximate surface area is 138 Å². The zero-order valence-corrected chi connectivity index (χ0v) is 13.2. The van der Waals surface area contributed by atoms with Crippen LogP contribution in [0.1, 0.15) is 17.2 Å². The van der Waals surface area contributed by atoms with Crippen LogP contribution in [0.25, 0.3) is 5.69 Å². The molecule has 6 heteroatoms. The van der Waals surface area contributed by atoms with Crippen molar-refractivity contribution in [1.29, 1.82) is 0 Å². The van der Waals surface area contributed by atoms with Gasteiger partial charge >= 0.3 is 0 Å². The largest absolute Gasteiger partial charge is 0.387 e. The van der Waals surface area contributed by atoms with E-state index in [1.807, 2.05) is 53.4 Å². The van der Waals surface area contributed by atoms with E-state index in [4.69, 9.17) is 0 Å². The molecule has 3 rings (SSSR count). The first-order valence-corrected chi connectivity index (χ1v) is 8.22. The van der Waals surface area contributed by atoms with Gasteiger partial charge in [0.2, 0.25) is 5.91 Å². The van der Waals surface area contributed by atoms with Crippen molar-refractivity contribution in [3.8, 4) is 5.69 Å². The van der Waals surface area contributed by atoms with Crippen molar-refractivity contribution >= 4 is 17.2 Å². The van der Waals surface area contributed by atoms with Crippen molar-refractivity contribution < 1.29 is 9.90 Å². The lowest BCUT2D eigenvalue weighted by Gasteiger charge is -2.13. The Balaban J connectivity index is 1.53. The van der Waals surface area contributed by atoms with Crippen LogP contribution in [-0.4, -0.2) is 27.3 Å². The van der Waals surface area contributed by atoms with Crippen LogP contribution in [0, 0.1) is 0 Å². The Morgan fingerprint density at radius 3 is 2.78 bits per heavy atom. The third-order valence-electron chi connectivity index (χ3n) is 3.48. The lowest BCUT2D eigenvalue weighted by atomic mass is 10.1. The summed E-state index contributed by atoms with van der Waals surface area (Å²) in [4.78, 5) is 11.8. The SMILES string of the molecule is O=C(Cc1ccsc1)NCC(O)c1ccc(-n2cccn2)cc1. The van der Waals surface area contributed by atoms with Crippen LogP contribution in [-0.2, 0) is 11.2 Å². The van der Waals surface area contributed by atoms with Crippen LogP contribution in [0.3, 0.4) is 0 Å². The molecule has 23 heavy (non-hydrogen) atoms. The molecule has 2 heterocycles. The van der Waals surface area contributed by atoms with E-state index in [2.05, 4.69) is 10.4 Å². The molecule has 1 amide bonds. The average Bonchev–Trinajstić information content (AvgIpc) is 3.26. The molecule has 5 nitrogen and oxygen atoms in total. The second-order valence-electron chi connectivity index (χ2n) is 5.17. The van der Waals surface area contributed by atoms with Crippen LogP contribution in [0.4, 0.5) is 0 Å². The van der Waals surface area contributed by atoms with Gasteiger partial charge in [-0.05, 0) is 46.2 Å². The molecule has 2 N–H and O–H groups in total. The molecular formula is C17H17N3O2S. The van der Waals surface area contributed by atoms with Crippen LogP contribution >= 0.6 is 11.3 Å². The van der Waals surface area contributed by atoms with E-state index in [0.29, 0.717) is 6.42 Å². The number of aliphatic hydroxyl groups is 1.